The first-order valence-corrected chi connectivity index (χ1v) is 8.54. The smallest absolute Gasteiger partial charge is 0.188 e. The summed E-state index contributed by atoms with van der Waals surface area (Å²) < 4.78 is 13.6. The van der Waals surface area contributed by atoms with Gasteiger partial charge in [-0.05, 0) is 26.0 Å². The summed E-state index contributed by atoms with van der Waals surface area (Å²) in [4.78, 5) is 17.5. The van der Waals surface area contributed by atoms with E-state index in [1.165, 1.54) is 23.6 Å². The van der Waals surface area contributed by atoms with Crippen molar-refractivity contribution >= 4 is 33.2 Å². The summed E-state index contributed by atoms with van der Waals surface area (Å²) in [7, 11) is 0. The highest BCUT2D eigenvalue weighted by Crippen LogP contribution is 2.32. The number of pyridine rings is 3. The number of thiazole rings is 1. The molecule has 25 heavy (non-hydrogen) atoms. The van der Waals surface area contributed by atoms with Crippen LogP contribution in [0.25, 0.3) is 22.0 Å². The van der Waals surface area contributed by atoms with Crippen LogP contribution in [0.15, 0.2) is 42.2 Å². The molecule has 4 aromatic rings. The van der Waals surface area contributed by atoms with Gasteiger partial charge in [0.25, 0.3) is 0 Å². The molecular formula is C18H14FN5S. The Labute approximate surface area is 147 Å². The molecule has 4 rings (SSSR count). The Hall–Kier alpha value is -2.93. The number of aromatic nitrogens is 4. The molecule has 1 N–H and O–H groups in total. The van der Waals surface area contributed by atoms with Gasteiger partial charge in [-0.25, -0.2) is 19.3 Å². The van der Waals surface area contributed by atoms with E-state index in [2.05, 4.69) is 25.3 Å². The van der Waals surface area contributed by atoms with E-state index in [1.807, 2.05) is 31.4 Å². The topological polar surface area (TPSA) is 63.6 Å². The molecule has 0 saturated heterocycles. The zero-order valence-corrected chi connectivity index (χ0v) is 14.4. The number of fused-ring (bicyclic) bond motifs is 1. The van der Waals surface area contributed by atoms with E-state index in [-0.39, 0.29) is 5.82 Å². The Balaban J connectivity index is 1.89. The third kappa shape index (κ3) is 3.06. The molecule has 0 radical (unpaired) electrons. The van der Waals surface area contributed by atoms with E-state index in [0.29, 0.717) is 11.4 Å². The molecule has 0 saturated carbocycles. The third-order valence-corrected chi connectivity index (χ3v) is 4.61. The molecule has 4 aromatic heterocycles. The van der Waals surface area contributed by atoms with E-state index in [0.717, 1.165) is 33.0 Å². The second kappa shape index (κ2) is 6.18. The largest absolute Gasteiger partial charge is 0.314 e. The molecule has 0 aliphatic rings. The van der Waals surface area contributed by atoms with Crippen molar-refractivity contribution in [3.8, 4) is 11.1 Å². The summed E-state index contributed by atoms with van der Waals surface area (Å²) in [5, 5.41) is 6.83. The fourth-order valence-corrected chi connectivity index (χ4v) is 3.29. The summed E-state index contributed by atoms with van der Waals surface area (Å²) in [6, 6.07) is 5.34. The molecule has 0 atom stereocenters. The van der Waals surface area contributed by atoms with Crippen molar-refractivity contribution in [1.82, 2.24) is 19.9 Å². The zero-order chi connectivity index (χ0) is 17.4. The Kier molecular flexibility index (Phi) is 3.85. The molecule has 0 fully saturated rings. The summed E-state index contributed by atoms with van der Waals surface area (Å²) in [5.74, 6) is 0.243. The first-order valence-electron chi connectivity index (χ1n) is 7.66. The summed E-state index contributed by atoms with van der Waals surface area (Å²) in [5.41, 5.74) is 4.00. The Bertz CT molecular complexity index is 1080. The summed E-state index contributed by atoms with van der Waals surface area (Å²) in [6.45, 7) is 3.86. The minimum Gasteiger partial charge on any atom is -0.314 e. The molecule has 4 heterocycles. The normalized spacial score (nSPS) is 11.0. The Morgan fingerprint density at radius 2 is 1.92 bits per heavy atom. The number of nitrogens with zero attached hydrogens (tertiary/aromatic N) is 4. The SMILES string of the molecule is Cc1csc(Nc2ncc(-c3cncc(F)c3)c3ccc(C)nc23)n1. The van der Waals surface area contributed by atoms with E-state index >= 15 is 0 Å². The number of hydrogen-bond acceptors (Lipinski definition) is 6. The van der Waals surface area contributed by atoms with Crippen molar-refractivity contribution in [2.45, 2.75) is 13.8 Å². The van der Waals surface area contributed by atoms with Gasteiger partial charge in [0, 0.05) is 40.0 Å². The first-order chi connectivity index (χ1) is 12.1. The van der Waals surface area contributed by atoms with Gasteiger partial charge in [-0.2, -0.15) is 0 Å². The lowest BCUT2D eigenvalue weighted by Gasteiger charge is -2.11. The maximum Gasteiger partial charge on any atom is 0.188 e. The van der Waals surface area contributed by atoms with Crippen LogP contribution in [0.3, 0.4) is 0 Å². The van der Waals surface area contributed by atoms with Crippen molar-refractivity contribution in [2.75, 3.05) is 5.32 Å². The van der Waals surface area contributed by atoms with E-state index in [1.54, 1.807) is 12.4 Å². The summed E-state index contributed by atoms with van der Waals surface area (Å²) >= 11 is 1.51. The average molecular weight is 351 g/mol. The number of nitrogens with one attached hydrogen (secondary N) is 1. The maximum atomic E-state index is 13.6. The molecular weight excluding hydrogens is 337 g/mol. The zero-order valence-electron chi connectivity index (χ0n) is 13.6. The Morgan fingerprint density at radius 1 is 1.04 bits per heavy atom. The quantitative estimate of drug-likeness (QED) is 0.582. The van der Waals surface area contributed by atoms with Crippen LogP contribution >= 0.6 is 11.3 Å². The van der Waals surface area contributed by atoms with Crippen LogP contribution in [-0.4, -0.2) is 19.9 Å². The van der Waals surface area contributed by atoms with Crippen LogP contribution in [0, 0.1) is 19.7 Å². The average Bonchev–Trinajstić information content (AvgIpc) is 3.00. The lowest BCUT2D eigenvalue weighted by Crippen LogP contribution is -1.98. The van der Waals surface area contributed by atoms with Crippen LogP contribution < -0.4 is 5.32 Å². The van der Waals surface area contributed by atoms with Crippen molar-refractivity contribution in [3.63, 3.8) is 0 Å². The number of anilines is 2. The predicted octanol–water partition coefficient (Wildman–Crippen LogP) is 4.65. The standard InChI is InChI=1S/C18H14FN5S/c1-10-3-4-14-15(12-5-13(19)7-20-6-12)8-21-17(16(14)22-10)24-18-23-11(2)9-25-18/h3-9H,1-2H3,(H,21,23,24). The molecule has 0 aliphatic heterocycles. The van der Waals surface area contributed by atoms with Gasteiger partial charge in [0.15, 0.2) is 10.9 Å². The van der Waals surface area contributed by atoms with Gasteiger partial charge in [0.1, 0.15) is 11.3 Å². The van der Waals surface area contributed by atoms with Crippen molar-refractivity contribution in [3.05, 3.63) is 59.4 Å². The summed E-state index contributed by atoms with van der Waals surface area (Å²) in [6.07, 6.45) is 4.51. The van der Waals surface area contributed by atoms with E-state index in [4.69, 9.17) is 0 Å². The van der Waals surface area contributed by atoms with Gasteiger partial charge in [-0.15, -0.1) is 11.3 Å². The highest BCUT2D eigenvalue weighted by molar-refractivity contribution is 7.13. The monoisotopic (exact) mass is 351 g/mol. The van der Waals surface area contributed by atoms with Crippen molar-refractivity contribution in [2.24, 2.45) is 0 Å². The molecule has 124 valence electrons. The number of hydrogen-bond donors (Lipinski definition) is 1. The van der Waals surface area contributed by atoms with Gasteiger partial charge in [0.2, 0.25) is 0 Å². The Morgan fingerprint density at radius 3 is 2.68 bits per heavy atom. The molecule has 0 amide bonds. The molecule has 0 unspecified atom stereocenters. The fraction of sp³-hybridized carbons (Fsp3) is 0.111. The second-order valence-electron chi connectivity index (χ2n) is 5.68. The molecule has 7 heteroatoms. The lowest BCUT2D eigenvalue weighted by molar-refractivity contribution is 0.622. The van der Waals surface area contributed by atoms with Crippen LogP contribution in [0.4, 0.5) is 15.3 Å². The lowest BCUT2D eigenvalue weighted by atomic mass is 10.0. The van der Waals surface area contributed by atoms with Crippen molar-refractivity contribution in [1.29, 1.82) is 0 Å². The van der Waals surface area contributed by atoms with Gasteiger partial charge in [0.05, 0.1) is 11.9 Å². The maximum absolute atomic E-state index is 13.6. The van der Waals surface area contributed by atoms with E-state index < -0.39 is 0 Å². The molecule has 0 bridgehead atoms. The number of aryl methyl sites for hydroxylation is 2. The number of rotatable bonds is 3. The van der Waals surface area contributed by atoms with E-state index in [9.17, 15) is 4.39 Å². The van der Waals surface area contributed by atoms with Crippen LogP contribution in [-0.2, 0) is 0 Å². The highest BCUT2D eigenvalue weighted by atomic mass is 32.1. The number of halogens is 1. The highest BCUT2D eigenvalue weighted by Gasteiger charge is 2.13. The van der Waals surface area contributed by atoms with Crippen molar-refractivity contribution < 1.29 is 4.39 Å². The molecule has 0 aromatic carbocycles. The van der Waals surface area contributed by atoms with Crippen LogP contribution in [0.2, 0.25) is 0 Å². The van der Waals surface area contributed by atoms with Gasteiger partial charge < -0.3 is 5.32 Å². The molecule has 5 nitrogen and oxygen atoms in total. The van der Waals surface area contributed by atoms with Gasteiger partial charge >= 0.3 is 0 Å². The third-order valence-electron chi connectivity index (χ3n) is 3.73. The van der Waals surface area contributed by atoms with Gasteiger partial charge in [-0.3, -0.25) is 4.98 Å². The predicted molar refractivity (Wildman–Crippen MR) is 97.6 cm³/mol. The molecule has 0 aliphatic carbocycles. The van der Waals surface area contributed by atoms with Crippen LogP contribution in [0.1, 0.15) is 11.4 Å². The van der Waals surface area contributed by atoms with Crippen LogP contribution in [0.5, 0.6) is 0 Å². The second-order valence-corrected chi connectivity index (χ2v) is 6.54. The molecule has 0 spiro atoms. The fourth-order valence-electron chi connectivity index (χ4n) is 2.61. The first kappa shape index (κ1) is 15.6. The minimum atomic E-state index is -0.383. The van der Waals surface area contributed by atoms with Gasteiger partial charge in [-0.1, -0.05) is 6.07 Å². The minimum absolute atomic E-state index is 0.383.